The molecule has 1 aromatic rings. The Hall–Kier alpha value is -0.890. The zero-order valence-corrected chi connectivity index (χ0v) is 7.71. The summed E-state index contributed by atoms with van der Waals surface area (Å²) in [6, 6.07) is 4.02. The van der Waals surface area contributed by atoms with Crippen LogP contribution in [0.4, 0.5) is 0 Å². The van der Waals surface area contributed by atoms with E-state index in [1.165, 1.54) is 11.3 Å². The summed E-state index contributed by atoms with van der Waals surface area (Å²) in [5.41, 5.74) is 2.45. The molecule has 0 radical (unpaired) electrons. The molecule has 12 heavy (non-hydrogen) atoms. The third-order valence-corrected chi connectivity index (χ3v) is 1.73. The Morgan fingerprint density at radius 3 is 3.00 bits per heavy atom. The van der Waals surface area contributed by atoms with Crippen LogP contribution in [-0.4, -0.2) is 11.6 Å². The van der Waals surface area contributed by atoms with Gasteiger partial charge < -0.3 is 4.74 Å². The van der Waals surface area contributed by atoms with Crippen LogP contribution in [0.2, 0.25) is 0 Å². The molecule has 2 heterocycles. The predicted octanol–water partition coefficient (Wildman–Crippen LogP) is 2.18. The van der Waals surface area contributed by atoms with E-state index in [2.05, 4.69) is 11.1 Å². The van der Waals surface area contributed by atoms with Gasteiger partial charge in [0.15, 0.2) is 0 Å². The first-order valence-corrected chi connectivity index (χ1v) is 4.47. The van der Waals surface area contributed by atoms with Gasteiger partial charge in [-0.2, -0.15) is 0 Å². The van der Waals surface area contributed by atoms with Gasteiger partial charge in [0, 0.05) is 18.3 Å². The van der Waals surface area contributed by atoms with Crippen molar-refractivity contribution in [2.24, 2.45) is 0 Å². The second kappa shape index (κ2) is 4.88. The lowest BCUT2D eigenvalue weighted by atomic mass is 10.1. The van der Waals surface area contributed by atoms with E-state index in [1.54, 1.807) is 0 Å². The van der Waals surface area contributed by atoms with E-state index >= 15 is 0 Å². The largest absolute Gasteiger partial charge is 0.376 e. The van der Waals surface area contributed by atoms with Gasteiger partial charge in [0.05, 0.1) is 13.2 Å². The van der Waals surface area contributed by atoms with E-state index < -0.39 is 0 Å². The molecule has 1 aliphatic heterocycles. The molecule has 0 saturated heterocycles. The standard InChI is InChI=1S/C8H9NO.C2H6/c1-2-7-6-10-5-3-8(7)9-4-1;1-2/h1-2,4H,3,5-6H2;1-2H3. The second-order valence-corrected chi connectivity index (χ2v) is 2.41. The fourth-order valence-corrected chi connectivity index (χ4v) is 1.18. The Labute approximate surface area is 73.6 Å². The summed E-state index contributed by atoms with van der Waals surface area (Å²) in [7, 11) is 0. The third-order valence-electron chi connectivity index (χ3n) is 1.73. The normalized spacial score (nSPS) is 14.2. The Morgan fingerprint density at radius 1 is 1.42 bits per heavy atom. The minimum absolute atomic E-state index is 0.739. The molecule has 1 aliphatic rings. The number of rotatable bonds is 0. The van der Waals surface area contributed by atoms with Crippen molar-refractivity contribution in [3.63, 3.8) is 0 Å². The Balaban J connectivity index is 0.000000336. The first kappa shape index (κ1) is 9.20. The van der Waals surface area contributed by atoms with Gasteiger partial charge in [-0.25, -0.2) is 0 Å². The number of aromatic nitrogens is 1. The molecule has 0 bridgehead atoms. The van der Waals surface area contributed by atoms with Crippen LogP contribution >= 0.6 is 0 Å². The maximum Gasteiger partial charge on any atom is 0.0734 e. The lowest BCUT2D eigenvalue weighted by molar-refractivity contribution is 0.109. The smallest absolute Gasteiger partial charge is 0.0734 e. The van der Waals surface area contributed by atoms with Gasteiger partial charge in [-0.3, -0.25) is 4.98 Å². The van der Waals surface area contributed by atoms with E-state index in [0.717, 1.165) is 19.6 Å². The lowest BCUT2D eigenvalue weighted by Gasteiger charge is -2.13. The summed E-state index contributed by atoms with van der Waals surface area (Å²) in [5.74, 6) is 0. The van der Waals surface area contributed by atoms with Crippen LogP contribution in [0.5, 0.6) is 0 Å². The maximum absolute atomic E-state index is 5.26. The lowest BCUT2D eigenvalue weighted by Crippen LogP contribution is -2.10. The molecule has 66 valence electrons. The molecular formula is C10H15NO. The van der Waals surface area contributed by atoms with Gasteiger partial charge in [-0.05, 0) is 11.6 Å². The van der Waals surface area contributed by atoms with Crippen molar-refractivity contribution in [3.8, 4) is 0 Å². The minimum atomic E-state index is 0.739. The predicted molar refractivity (Wildman–Crippen MR) is 48.9 cm³/mol. The summed E-state index contributed by atoms with van der Waals surface area (Å²) < 4.78 is 5.26. The van der Waals surface area contributed by atoms with Gasteiger partial charge >= 0.3 is 0 Å². The minimum Gasteiger partial charge on any atom is -0.376 e. The first-order chi connectivity index (χ1) is 5.97. The third kappa shape index (κ3) is 2.05. The summed E-state index contributed by atoms with van der Waals surface area (Å²) in [6.07, 6.45) is 2.81. The van der Waals surface area contributed by atoms with E-state index in [-0.39, 0.29) is 0 Å². The number of nitrogens with zero attached hydrogens (tertiary/aromatic N) is 1. The number of hydrogen-bond acceptors (Lipinski definition) is 2. The van der Waals surface area contributed by atoms with Crippen molar-refractivity contribution in [2.45, 2.75) is 26.9 Å². The van der Waals surface area contributed by atoms with E-state index in [4.69, 9.17) is 4.74 Å². The number of hydrogen-bond donors (Lipinski definition) is 0. The van der Waals surface area contributed by atoms with Crippen molar-refractivity contribution in [3.05, 3.63) is 29.6 Å². The van der Waals surface area contributed by atoms with Crippen LogP contribution in [0.25, 0.3) is 0 Å². The summed E-state index contributed by atoms with van der Waals surface area (Å²) in [4.78, 5) is 4.24. The van der Waals surface area contributed by atoms with Crippen LogP contribution in [0, 0.1) is 0 Å². The number of ether oxygens (including phenoxy) is 1. The van der Waals surface area contributed by atoms with Gasteiger partial charge in [0.25, 0.3) is 0 Å². The SMILES string of the molecule is CC.c1cnc2c(c1)COCC2. The van der Waals surface area contributed by atoms with Gasteiger partial charge in [-0.15, -0.1) is 0 Å². The zero-order valence-electron chi connectivity index (χ0n) is 7.71. The van der Waals surface area contributed by atoms with Crippen molar-refractivity contribution in [1.29, 1.82) is 0 Å². The molecular weight excluding hydrogens is 150 g/mol. The maximum atomic E-state index is 5.26. The van der Waals surface area contributed by atoms with E-state index in [0.29, 0.717) is 0 Å². The van der Waals surface area contributed by atoms with Gasteiger partial charge in [-0.1, -0.05) is 19.9 Å². The molecule has 0 aromatic carbocycles. The summed E-state index contributed by atoms with van der Waals surface area (Å²) in [6.45, 7) is 5.56. The van der Waals surface area contributed by atoms with Crippen molar-refractivity contribution >= 4 is 0 Å². The molecule has 0 amide bonds. The molecule has 0 aliphatic carbocycles. The fourth-order valence-electron chi connectivity index (χ4n) is 1.18. The highest BCUT2D eigenvalue weighted by atomic mass is 16.5. The Morgan fingerprint density at radius 2 is 2.25 bits per heavy atom. The molecule has 0 atom stereocenters. The molecule has 0 unspecified atom stereocenters. The highest BCUT2D eigenvalue weighted by molar-refractivity contribution is 5.20. The molecule has 0 fully saturated rings. The summed E-state index contributed by atoms with van der Waals surface area (Å²) in [5, 5.41) is 0. The highest BCUT2D eigenvalue weighted by Crippen LogP contribution is 2.12. The monoisotopic (exact) mass is 165 g/mol. The van der Waals surface area contributed by atoms with Crippen LogP contribution in [0.15, 0.2) is 18.3 Å². The average molecular weight is 165 g/mol. The Bertz CT molecular complexity index is 210. The molecule has 1 aromatic heterocycles. The van der Waals surface area contributed by atoms with Gasteiger partial charge in [0.1, 0.15) is 0 Å². The van der Waals surface area contributed by atoms with E-state index in [9.17, 15) is 0 Å². The molecule has 0 N–H and O–H groups in total. The van der Waals surface area contributed by atoms with Crippen molar-refractivity contribution < 1.29 is 4.74 Å². The highest BCUT2D eigenvalue weighted by Gasteiger charge is 2.07. The van der Waals surface area contributed by atoms with Crippen LogP contribution in [-0.2, 0) is 17.8 Å². The second-order valence-electron chi connectivity index (χ2n) is 2.41. The molecule has 0 spiro atoms. The molecule has 0 saturated carbocycles. The zero-order chi connectivity index (χ0) is 8.81. The molecule has 2 heteroatoms. The number of pyridine rings is 1. The van der Waals surface area contributed by atoms with Crippen molar-refractivity contribution in [2.75, 3.05) is 6.61 Å². The summed E-state index contributed by atoms with van der Waals surface area (Å²) >= 11 is 0. The van der Waals surface area contributed by atoms with Gasteiger partial charge in [0.2, 0.25) is 0 Å². The van der Waals surface area contributed by atoms with Crippen LogP contribution in [0.3, 0.4) is 0 Å². The average Bonchev–Trinajstić information content (AvgIpc) is 2.21. The van der Waals surface area contributed by atoms with Crippen LogP contribution in [0.1, 0.15) is 25.1 Å². The molecule has 2 rings (SSSR count). The topological polar surface area (TPSA) is 22.1 Å². The Kier molecular flexibility index (Phi) is 3.74. The van der Waals surface area contributed by atoms with Crippen LogP contribution < -0.4 is 0 Å². The number of fused-ring (bicyclic) bond motifs is 1. The quantitative estimate of drug-likeness (QED) is 0.588. The fraction of sp³-hybridized carbons (Fsp3) is 0.500. The van der Waals surface area contributed by atoms with Crippen molar-refractivity contribution in [1.82, 2.24) is 4.98 Å². The molecule has 2 nitrogen and oxygen atoms in total. The first-order valence-electron chi connectivity index (χ1n) is 4.47. The van der Waals surface area contributed by atoms with E-state index in [1.807, 2.05) is 26.1 Å².